The summed E-state index contributed by atoms with van der Waals surface area (Å²) < 4.78 is 0. The number of hydrogen-bond acceptors (Lipinski definition) is 3. The van der Waals surface area contributed by atoms with Crippen molar-refractivity contribution in [3.8, 4) is 0 Å². The molecule has 0 unspecified atom stereocenters. The molecule has 0 bridgehead atoms. The third-order valence-electron chi connectivity index (χ3n) is 6.28. The van der Waals surface area contributed by atoms with Crippen molar-refractivity contribution in [2.24, 2.45) is 10.9 Å². The quantitative estimate of drug-likeness (QED) is 0.306. The first-order chi connectivity index (χ1) is 14.3. The first-order valence-electron chi connectivity index (χ1n) is 11.8. The summed E-state index contributed by atoms with van der Waals surface area (Å²) in [5.41, 5.74) is 1.42. The fourth-order valence-corrected chi connectivity index (χ4v) is 4.52. The van der Waals surface area contributed by atoms with Gasteiger partial charge >= 0.3 is 0 Å². The number of likely N-dealkylation sites (tertiary alicyclic amines) is 2. The van der Waals surface area contributed by atoms with Crippen molar-refractivity contribution in [2.75, 3.05) is 45.8 Å². The molecule has 2 heterocycles. The third kappa shape index (κ3) is 8.71. The Hall–Kier alpha value is -0.860. The van der Waals surface area contributed by atoms with E-state index >= 15 is 0 Å². The first-order valence-corrected chi connectivity index (χ1v) is 11.8. The van der Waals surface area contributed by atoms with Crippen LogP contribution in [0.5, 0.6) is 0 Å². The van der Waals surface area contributed by atoms with E-state index in [-0.39, 0.29) is 24.0 Å². The number of halogens is 1. The predicted molar refractivity (Wildman–Crippen MR) is 139 cm³/mol. The highest BCUT2D eigenvalue weighted by Crippen LogP contribution is 2.18. The first kappa shape index (κ1) is 25.4. The third-order valence-corrected chi connectivity index (χ3v) is 6.28. The van der Waals surface area contributed by atoms with Gasteiger partial charge in [0.25, 0.3) is 0 Å². The Morgan fingerprint density at radius 2 is 1.63 bits per heavy atom. The fourth-order valence-electron chi connectivity index (χ4n) is 4.52. The molecule has 0 spiro atoms. The second-order valence-electron chi connectivity index (χ2n) is 8.68. The summed E-state index contributed by atoms with van der Waals surface area (Å²) >= 11 is 0. The van der Waals surface area contributed by atoms with Gasteiger partial charge in [-0.1, -0.05) is 37.3 Å². The van der Waals surface area contributed by atoms with E-state index in [1.165, 1.54) is 57.3 Å². The number of nitrogens with zero attached hydrogens (tertiary/aromatic N) is 3. The van der Waals surface area contributed by atoms with E-state index in [9.17, 15) is 0 Å². The van der Waals surface area contributed by atoms with Crippen LogP contribution in [0.25, 0.3) is 0 Å². The molecule has 1 aromatic rings. The van der Waals surface area contributed by atoms with E-state index in [0.29, 0.717) is 6.04 Å². The van der Waals surface area contributed by atoms with Crippen LogP contribution in [0, 0.1) is 5.92 Å². The maximum Gasteiger partial charge on any atom is 0.191 e. The molecule has 0 amide bonds. The standard InChI is InChI=1S/C24H41N5.HI/c1-3-14-28-15-10-21(11-16-28)19-26-24(25-4-2)27-23-12-17-29(18-13-23)20-22-8-6-5-7-9-22;/h5-9,21,23H,3-4,10-20H2,1-2H3,(H2,25,26,27);1H. The van der Waals surface area contributed by atoms with Gasteiger partial charge in [-0.2, -0.15) is 0 Å². The van der Waals surface area contributed by atoms with Crippen LogP contribution in [0.2, 0.25) is 0 Å². The van der Waals surface area contributed by atoms with E-state index in [0.717, 1.165) is 44.6 Å². The summed E-state index contributed by atoms with van der Waals surface area (Å²) in [5.74, 6) is 1.76. The molecule has 1 aromatic carbocycles. The summed E-state index contributed by atoms with van der Waals surface area (Å²) in [6.45, 7) is 13.4. The van der Waals surface area contributed by atoms with E-state index in [1.54, 1.807) is 0 Å². The Balaban J connectivity index is 0.00000320. The zero-order chi connectivity index (χ0) is 20.3. The lowest BCUT2D eigenvalue weighted by atomic mass is 9.97. The predicted octanol–water partition coefficient (Wildman–Crippen LogP) is 3.95. The fraction of sp³-hybridized carbons (Fsp3) is 0.708. The molecule has 2 N–H and O–H groups in total. The largest absolute Gasteiger partial charge is 0.357 e. The normalized spacial score (nSPS) is 20.0. The molecule has 0 saturated carbocycles. The van der Waals surface area contributed by atoms with Crippen molar-refractivity contribution in [1.82, 2.24) is 20.4 Å². The SMILES string of the molecule is CCCN1CCC(CN=C(NCC)NC2CCN(Cc3ccccc3)CC2)CC1.I. The van der Waals surface area contributed by atoms with E-state index in [4.69, 9.17) is 4.99 Å². The lowest BCUT2D eigenvalue weighted by Gasteiger charge is -2.33. The molecule has 170 valence electrons. The summed E-state index contributed by atoms with van der Waals surface area (Å²) in [6.07, 6.45) is 6.22. The molecule has 0 aliphatic carbocycles. The number of nitrogens with one attached hydrogen (secondary N) is 2. The molecule has 30 heavy (non-hydrogen) atoms. The Bertz CT molecular complexity index is 593. The van der Waals surface area contributed by atoms with Crippen molar-refractivity contribution in [1.29, 1.82) is 0 Å². The van der Waals surface area contributed by atoms with Gasteiger partial charge < -0.3 is 15.5 Å². The molecule has 6 heteroatoms. The minimum absolute atomic E-state index is 0. The van der Waals surface area contributed by atoms with Gasteiger partial charge in [0.1, 0.15) is 0 Å². The van der Waals surface area contributed by atoms with Crippen LogP contribution in [0.1, 0.15) is 51.5 Å². The van der Waals surface area contributed by atoms with Crippen molar-refractivity contribution < 1.29 is 0 Å². The number of hydrogen-bond donors (Lipinski definition) is 2. The van der Waals surface area contributed by atoms with Crippen LogP contribution in [-0.2, 0) is 6.54 Å². The highest BCUT2D eigenvalue weighted by molar-refractivity contribution is 14.0. The molecule has 2 fully saturated rings. The maximum absolute atomic E-state index is 4.95. The van der Waals surface area contributed by atoms with Crippen LogP contribution >= 0.6 is 24.0 Å². The van der Waals surface area contributed by atoms with Crippen molar-refractivity contribution in [3.63, 3.8) is 0 Å². The summed E-state index contributed by atoms with van der Waals surface area (Å²) in [6, 6.07) is 11.4. The van der Waals surface area contributed by atoms with Gasteiger partial charge in [-0.15, -0.1) is 24.0 Å². The van der Waals surface area contributed by atoms with Crippen LogP contribution in [-0.4, -0.2) is 67.6 Å². The van der Waals surface area contributed by atoms with E-state index < -0.39 is 0 Å². The monoisotopic (exact) mass is 527 g/mol. The number of benzene rings is 1. The minimum atomic E-state index is 0. The summed E-state index contributed by atoms with van der Waals surface area (Å²) in [5, 5.41) is 7.18. The molecular formula is C24H42IN5. The number of guanidine groups is 1. The van der Waals surface area contributed by atoms with E-state index in [1.807, 2.05) is 0 Å². The van der Waals surface area contributed by atoms with Gasteiger partial charge in [0.2, 0.25) is 0 Å². The van der Waals surface area contributed by atoms with Gasteiger partial charge in [-0.25, -0.2) is 0 Å². The molecule has 2 aliphatic heterocycles. The average molecular weight is 528 g/mol. The number of piperidine rings is 2. The van der Waals surface area contributed by atoms with Crippen molar-refractivity contribution in [2.45, 2.75) is 58.5 Å². The van der Waals surface area contributed by atoms with Gasteiger partial charge in [0.15, 0.2) is 5.96 Å². The second kappa shape index (κ2) is 14.2. The van der Waals surface area contributed by atoms with Gasteiger partial charge in [-0.05, 0) is 70.1 Å². The molecule has 0 atom stereocenters. The van der Waals surface area contributed by atoms with E-state index in [2.05, 4.69) is 64.6 Å². The van der Waals surface area contributed by atoms with Crippen LogP contribution < -0.4 is 10.6 Å². The summed E-state index contributed by atoms with van der Waals surface area (Å²) in [7, 11) is 0. The number of aliphatic imine (C=N–C) groups is 1. The van der Waals surface area contributed by atoms with Crippen molar-refractivity contribution in [3.05, 3.63) is 35.9 Å². The highest BCUT2D eigenvalue weighted by Gasteiger charge is 2.21. The molecule has 5 nitrogen and oxygen atoms in total. The Kier molecular flexibility index (Phi) is 12.1. The maximum atomic E-state index is 4.95. The smallest absolute Gasteiger partial charge is 0.191 e. The highest BCUT2D eigenvalue weighted by atomic mass is 127. The van der Waals surface area contributed by atoms with Crippen LogP contribution in [0.3, 0.4) is 0 Å². The Morgan fingerprint density at radius 3 is 2.27 bits per heavy atom. The lowest BCUT2D eigenvalue weighted by Crippen LogP contribution is -2.48. The molecular weight excluding hydrogens is 485 g/mol. The average Bonchev–Trinajstić information content (AvgIpc) is 2.75. The molecule has 2 aliphatic rings. The van der Waals surface area contributed by atoms with Gasteiger partial charge in [-0.3, -0.25) is 9.89 Å². The van der Waals surface area contributed by atoms with Crippen LogP contribution in [0.15, 0.2) is 35.3 Å². The number of rotatable bonds is 8. The Morgan fingerprint density at radius 1 is 0.967 bits per heavy atom. The topological polar surface area (TPSA) is 42.9 Å². The molecule has 2 saturated heterocycles. The lowest BCUT2D eigenvalue weighted by molar-refractivity contribution is 0.187. The molecule has 0 aromatic heterocycles. The molecule has 3 rings (SSSR count). The Labute approximate surface area is 201 Å². The van der Waals surface area contributed by atoms with Gasteiger partial charge in [0, 0.05) is 38.8 Å². The zero-order valence-corrected chi connectivity index (χ0v) is 21.3. The molecule has 0 radical (unpaired) electrons. The van der Waals surface area contributed by atoms with Crippen molar-refractivity contribution >= 4 is 29.9 Å². The summed E-state index contributed by atoms with van der Waals surface area (Å²) in [4.78, 5) is 10.1. The zero-order valence-electron chi connectivity index (χ0n) is 19.0. The van der Waals surface area contributed by atoms with Gasteiger partial charge in [0.05, 0.1) is 0 Å². The minimum Gasteiger partial charge on any atom is -0.357 e. The van der Waals surface area contributed by atoms with Crippen LogP contribution in [0.4, 0.5) is 0 Å². The second-order valence-corrected chi connectivity index (χ2v) is 8.68.